The maximum absolute atomic E-state index is 15.1. The molecule has 0 amide bonds. The highest BCUT2D eigenvalue weighted by atomic mass is 19.2. The number of ether oxygens (including phenoxy) is 1. The first kappa shape index (κ1) is 28.5. The summed E-state index contributed by atoms with van der Waals surface area (Å²) in [6.07, 6.45) is 17.6. The van der Waals surface area contributed by atoms with E-state index in [-0.39, 0.29) is 30.2 Å². The molecule has 0 aliphatic heterocycles. The zero-order valence-corrected chi connectivity index (χ0v) is 22.5. The molecule has 0 bridgehead atoms. The average molecular weight is 495 g/mol. The van der Waals surface area contributed by atoms with Crippen molar-refractivity contribution in [2.24, 2.45) is 29.6 Å². The second-order valence-electron chi connectivity index (χ2n) is 11.5. The van der Waals surface area contributed by atoms with Crippen molar-refractivity contribution < 1.29 is 17.9 Å². The lowest BCUT2D eigenvalue weighted by Gasteiger charge is -2.31. The van der Waals surface area contributed by atoms with Gasteiger partial charge in [-0.15, -0.1) is 0 Å². The highest BCUT2D eigenvalue weighted by Crippen LogP contribution is 2.41. The van der Waals surface area contributed by atoms with E-state index in [2.05, 4.69) is 13.8 Å². The molecule has 0 N–H and O–H groups in total. The van der Waals surface area contributed by atoms with Gasteiger partial charge in [0, 0.05) is 6.42 Å². The molecular weight excluding hydrogens is 445 g/mol. The molecular formula is C31H49F3O. The summed E-state index contributed by atoms with van der Waals surface area (Å²) < 4.78 is 50.5. The van der Waals surface area contributed by atoms with Gasteiger partial charge in [0.15, 0.2) is 5.83 Å². The highest BCUT2D eigenvalue weighted by molar-refractivity contribution is 5.30. The molecule has 35 heavy (non-hydrogen) atoms. The Hall–Kier alpha value is -1.03. The van der Waals surface area contributed by atoms with Gasteiger partial charge in [-0.25, -0.2) is 13.2 Å². The fraction of sp³-hybridized carbons (Fsp3) is 0.806. The Bertz CT molecular complexity index is 724. The zero-order valence-electron chi connectivity index (χ0n) is 22.5. The fourth-order valence-corrected chi connectivity index (χ4v) is 6.55. The Labute approximate surface area is 212 Å². The van der Waals surface area contributed by atoms with Gasteiger partial charge in [0.2, 0.25) is 0 Å². The number of rotatable bonds is 11. The van der Waals surface area contributed by atoms with Gasteiger partial charge in [0.1, 0.15) is 17.8 Å². The lowest BCUT2D eigenvalue weighted by Crippen LogP contribution is -2.25. The molecule has 4 heteroatoms. The Morgan fingerprint density at radius 1 is 0.914 bits per heavy atom. The van der Waals surface area contributed by atoms with Crippen LogP contribution in [0.15, 0.2) is 35.2 Å². The van der Waals surface area contributed by atoms with Crippen molar-refractivity contribution in [1.82, 2.24) is 0 Å². The van der Waals surface area contributed by atoms with Crippen LogP contribution in [-0.4, -0.2) is 12.7 Å². The van der Waals surface area contributed by atoms with Crippen LogP contribution < -0.4 is 0 Å². The molecule has 0 aromatic rings. The molecule has 200 valence electrons. The van der Waals surface area contributed by atoms with E-state index in [9.17, 15) is 8.78 Å². The van der Waals surface area contributed by atoms with Crippen LogP contribution >= 0.6 is 0 Å². The van der Waals surface area contributed by atoms with Crippen LogP contribution in [0.4, 0.5) is 13.2 Å². The van der Waals surface area contributed by atoms with E-state index in [0.717, 1.165) is 89.4 Å². The summed E-state index contributed by atoms with van der Waals surface area (Å²) in [7, 11) is 0. The van der Waals surface area contributed by atoms with E-state index in [0.29, 0.717) is 24.0 Å². The van der Waals surface area contributed by atoms with Crippen LogP contribution in [0.3, 0.4) is 0 Å². The lowest BCUT2D eigenvalue weighted by molar-refractivity contribution is 0.0135. The number of hydrogen-bond donors (Lipinski definition) is 0. The first-order valence-electron chi connectivity index (χ1n) is 14.6. The van der Waals surface area contributed by atoms with Crippen LogP contribution in [0, 0.1) is 29.6 Å². The first-order chi connectivity index (χ1) is 16.9. The zero-order chi connectivity index (χ0) is 25.2. The molecule has 0 radical (unpaired) electrons. The lowest BCUT2D eigenvalue weighted by atomic mass is 9.76. The Kier molecular flexibility index (Phi) is 11.9. The van der Waals surface area contributed by atoms with Crippen LogP contribution in [0.2, 0.25) is 0 Å². The molecule has 2 unspecified atom stereocenters. The molecule has 1 nitrogen and oxygen atoms in total. The second-order valence-corrected chi connectivity index (χ2v) is 11.5. The minimum absolute atomic E-state index is 0.0864. The van der Waals surface area contributed by atoms with Crippen molar-refractivity contribution in [3.05, 3.63) is 35.2 Å². The largest absolute Gasteiger partial charge is 0.371 e. The summed E-state index contributed by atoms with van der Waals surface area (Å²) >= 11 is 0. The molecule has 0 heterocycles. The Morgan fingerprint density at radius 2 is 1.57 bits per heavy atom. The molecule has 2 atom stereocenters. The molecule has 3 aliphatic carbocycles. The second kappa shape index (κ2) is 14.6. The standard InChI is InChI=1S/C31H49F3O/c1-4-7-8-23-15-18-30(28(32)19-23)35-21-25-11-9-24(10-12-25)20-29(33)31(34)27(6-3)26-16-13-22(5-2)14-17-26/h6,19,22-26,30H,4-5,7-18,20-21H2,1-3H3/b27-6-,31-29-. The minimum atomic E-state index is -0.588. The molecule has 0 saturated heterocycles. The van der Waals surface area contributed by atoms with E-state index in [4.69, 9.17) is 4.74 Å². The van der Waals surface area contributed by atoms with Crippen LogP contribution in [0.25, 0.3) is 0 Å². The van der Waals surface area contributed by atoms with Crippen molar-refractivity contribution in [1.29, 1.82) is 0 Å². The van der Waals surface area contributed by atoms with Gasteiger partial charge in [-0.05, 0) is 119 Å². The average Bonchev–Trinajstić information content (AvgIpc) is 2.88. The van der Waals surface area contributed by atoms with Crippen molar-refractivity contribution in [3.8, 4) is 0 Å². The van der Waals surface area contributed by atoms with Crippen molar-refractivity contribution in [2.45, 2.75) is 123 Å². The third kappa shape index (κ3) is 8.51. The smallest absolute Gasteiger partial charge is 0.157 e. The number of unbranched alkanes of at least 4 members (excludes halogenated alkanes) is 1. The van der Waals surface area contributed by atoms with E-state index in [1.165, 1.54) is 6.42 Å². The van der Waals surface area contributed by atoms with Crippen LogP contribution in [0.5, 0.6) is 0 Å². The summed E-state index contributed by atoms with van der Waals surface area (Å²) in [4.78, 5) is 0. The molecule has 0 aromatic heterocycles. The maximum Gasteiger partial charge on any atom is 0.157 e. The topological polar surface area (TPSA) is 9.23 Å². The number of hydrogen-bond acceptors (Lipinski definition) is 1. The van der Waals surface area contributed by atoms with E-state index < -0.39 is 11.7 Å². The van der Waals surface area contributed by atoms with Crippen molar-refractivity contribution in [3.63, 3.8) is 0 Å². The van der Waals surface area contributed by atoms with Gasteiger partial charge >= 0.3 is 0 Å². The number of halogens is 3. The van der Waals surface area contributed by atoms with Crippen molar-refractivity contribution in [2.75, 3.05) is 6.61 Å². The van der Waals surface area contributed by atoms with Gasteiger partial charge < -0.3 is 4.74 Å². The molecule has 2 fully saturated rings. The Balaban J connectivity index is 1.41. The molecule has 0 aromatic carbocycles. The van der Waals surface area contributed by atoms with E-state index in [1.54, 1.807) is 12.2 Å². The minimum Gasteiger partial charge on any atom is -0.371 e. The van der Waals surface area contributed by atoms with Gasteiger partial charge in [0.25, 0.3) is 0 Å². The quantitative estimate of drug-likeness (QED) is 0.260. The van der Waals surface area contributed by atoms with Gasteiger partial charge in [-0.3, -0.25) is 0 Å². The first-order valence-corrected chi connectivity index (χ1v) is 14.6. The summed E-state index contributed by atoms with van der Waals surface area (Å²) in [5, 5.41) is 0. The normalized spacial score (nSPS) is 33.3. The fourth-order valence-electron chi connectivity index (χ4n) is 6.55. The predicted molar refractivity (Wildman–Crippen MR) is 140 cm³/mol. The van der Waals surface area contributed by atoms with E-state index >= 15 is 4.39 Å². The molecule has 2 saturated carbocycles. The third-order valence-corrected chi connectivity index (χ3v) is 9.06. The maximum atomic E-state index is 15.1. The molecule has 3 aliphatic rings. The van der Waals surface area contributed by atoms with E-state index in [1.807, 2.05) is 6.92 Å². The summed E-state index contributed by atoms with van der Waals surface area (Å²) in [5.74, 6) is 0.633. The number of allylic oxidation sites excluding steroid dienone is 5. The van der Waals surface area contributed by atoms with Gasteiger partial charge in [-0.1, -0.05) is 39.2 Å². The predicted octanol–water partition coefficient (Wildman–Crippen LogP) is 10.3. The van der Waals surface area contributed by atoms with Crippen LogP contribution in [0.1, 0.15) is 117 Å². The van der Waals surface area contributed by atoms with Crippen LogP contribution in [-0.2, 0) is 4.74 Å². The summed E-state index contributed by atoms with van der Waals surface area (Å²) in [6.45, 7) is 6.81. The monoisotopic (exact) mass is 494 g/mol. The summed E-state index contributed by atoms with van der Waals surface area (Å²) in [5.41, 5.74) is 0.596. The van der Waals surface area contributed by atoms with Crippen molar-refractivity contribution >= 4 is 0 Å². The van der Waals surface area contributed by atoms with Gasteiger partial charge in [0.05, 0.1) is 6.61 Å². The van der Waals surface area contributed by atoms with Gasteiger partial charge in [-0.2, -0.15) is 0 Å². The summed E-state index contributed by atoms with van der Waals surface area (Å²) in [6, 6.07) is 0. The third-order valence-electron chi connectivity index (χ3n) is 9.06. The molecule has 0 spiro atoms. The Morgan fingerprint density at radius 3 is 2.17 bits per heavy atom. The molecule has 3 rings (SSSR count). The highest BCUT2D eigenvalue weighted by Gasteiger charge is 2.29. The SMILES string of the molecule is C/C=C(\C(F)=C(\F)CC1CCC(COC2CCC(CCCC)C=C2F)CC1)C1CCC(CC)CC1.